The van der Waals surface area contributed by atoms with Crippen LogP contribution in [0.3, 0.4) is 0 Å². The van der Waals surface area contributed by atoms with Crippen LogP contribution in [0.5, 0.6) is 0 Å². The third-order valence-electron chi connectivity index (χ3n) is 4.18. The first kappa shape index (κ1) is 14.4. The van der Waals surface area contributed by atoms with Crippen molar-refractivity contribution in [3.63, 3.8) is 0 Å². The number of hydrogen-bond acceptors (Lipinski definition) is 2. The molecule has 104 valence electrons. The van der Waals surface area contributed by atoms with Crippen molar-refractivity contribution in [3.8, 4) is 0 Å². The second-order valence-electron chi connectivity index (χ2n) is 5.31. The van der Waals surface area contributed by atoms with Crippen LogP contribution >= 0.6 is 12.4 Å². The van der Waals surface area contributed by atoms with E-state index in [1.165, 1.54) is 11.1 Å². The highest BCUT2D eigenvalue weighted by molar-refractivity contribution is 5.89. The van der Waals surface area contributed by atoms with Crippen LogP contribution in [0.25, 0.3) is 0 Å². The Kier molecular flexibility index (Phi) is 4.16. The summed E-state index contributed by atoms with van der Waals surface area (Å²) < 4.78 is 0. The van der Waals surface area contributed by atoms with Gasteiger partial charge in [0.25, 0.3) is 0 Å². The SMILES string of the molecule is CCCN1CCCC2(NCc3ccccc32)C1=O.Cl. The van der Waals surface area contributed by atoms with E-state index in [2.05, 4.69) is 30.4 Å². The number of hydrogen-bond donors (Lipinski definition) is 1. The third kappa shape index (κ3) is 2.15. The fourth-order valence-corrected chi connectivity index (χ4v) is 3.34. The number of carbonyl (C=O) groups excluding carboxylic acids is 1. The summed E-state index contributed by atoms with van der Waals surface area (Å²) in [6, 6.07) is 8.34. The van der Waals surface area contributed by atoms with Crippen molar-refractivity contribution in [2.75, 3.05) is 13.1 Å². The molecule has 1 amide bonds. The average Bonchev–Trinajstić information content (AvgIpc) is 2.76. The molecule has 3 nitrogen and oxygen atoms in total. The average molecular weight is 281 g/mol. The summed E-state index contributed by atoms with van der Waals surface area (Å²) in [7, 11) is 0. The third-order valence-corrected chi connectivity index (χ3v) is 4.18. The van der Waals surface area contributed by atoms with E-state index in [0.717, 1.165) is 38.9 Å². The highest BCUT2D eigenvalue weighted by Crippen LogP contribution is 2.39. The zero-order chi connectivity index (χ0) is 12.6. The Morgan fingerprint density at radius 2 is 2.16 bits per heavy atom. The smallest absolute Gasteiger partial charge is 0.247 e. The van der Waals surface area contributed by atoms with Crippen LogP contribution in [0, 0.1) is 0 Å². The number of amides is 1. The van der Waals surface area contributed by atoms with Crippen LogP contribution in [0.15, 0.2) is 24.3 Å². The van der Waals surface area contributed by atoms with E-state index < -0.39 is 5.54 Å². The molecule has 1 spiro atoms. The second-order valence-corrected chi connectivity index (χ2v) is 5.31. The maximum Gasteiger partial charge on any atom is 0.247 e. The van der Waals surface area contributed by atoms with Crippen LogP contribution in [-0.4, -0.2) is 23.9 Å². The van der Waals surface area contributed by atoms with E-state index in [4.69, 9.17) is 0 Å². The molecule has 2 heterocycles. The minimum absolute atomic E-state index is 0. The van der Waals surface area contributed by atoms with E-state index in [1.54, 1.807) is 0 Å². The number of carbonyl (C=O) groups is 1. The zero-order valence-electron chi connectivity index (χ0n) is 11.3. The Bertz CT molecular complexity index is 471. The van der Waals surface area contributed by atoms with Gasteiger partial charge in [-0.1, -0.05) is 31.2 Å². The van der Waals surface area contributed by atoms with Crippen molar-refractivity contribution in [3.05, 3.63) is 35.4 Å². The maximum absolute atomic E-state index is 12.8. The molecule has 1 N–H and O–H groups in total. The molecular weight excluding hydrogens is 260 g/mol. The molecule has 2 aliphatic heterocycles. The first-order valence-electron chi connectivity index (χ1n) is 6.91. The van der Waals surface area contributed by atoms with Gasteiger partial charge in [0.2, 0.25) is 5.91 Å². The van der Waals surface area contributed by atoms with Gasteiger partial charge in [0.05, 0.1) is 0 Å². The zero-order valence-corrected chi connectivity index (χ0v) is 12.1. The summed E-state index contributed by atoms with van der Waals surface area (Å²) in [4.78, 5) is 14.8. The lowest BCUT2D eigenvalue weighted by atomic mass is 9.82. The van der Waals surface area contributed by atoms with Gasteiger partial charge in [-0.2, -0.15) is 0 Å². The predicted molar refractivity (Wildman–Crippen MR) is 78.3 cm³/mol. The summed E-state index contributed by atoms with van der Waals surface area (Å²) in [5.74, 6) is 0.278. The molecule has 2 aliphatic rings. The summed E-state index contributed by atoms with van der Waals surface area (Å²) in [5, 5.41) is 3.48. The number of halogens is 1. The number of benzene rings is 1. The van der Waals surface area contributed by atoms with Crippen LogP contribution < -0.4 is 5.32 Å². The van der Waals surface area contributed by atoms with E-state index >= 15 is 0 Å². The fraction of sp³-hybridized carbons (Fsp3) is 0.533. The lowest BCUT2D eigenvalue weighted by molar-refractivity contribution is -0.142. The van der Waals surface area contributed by atoms with Gasteiger partial charge in [-0.3, -0.25) is 10.1 Å². The van der Waals surface area contributed by atoms with E-state index in [1.807, 2.05) is 11.0 Å². The lowest BCUT2D eigenvalue weighted by Gasteiger charge is -2.40. The van der Waals surface area contributed by atoms with Crippen molar-refractivity contribution >= 4 is 18.3 Å². The monoisotopic (exact) mass is 280 g/mol. The van der Waals surface area contributed by atoms with Crippen LogP contribution in [0.1, 0.15) is 37.3 Å². The summed E-state index contributed by atoms with van der Waals surface area (Å²) in [6.45, 7) is 4.75. The van der Waals surface area contributed by atoms with Gasteiger partial charge in [0.15, 0.2) is 0 Å². The van der Waals surface area contributed by atoms with Crippen LogP contribution in [-0.2, 0) is 16.9 Å². The Morgan fingerprint density at radius 3 is 2.95 bits per heavy atom. The van der Waals surface area contributed by atoms with Gasteiger partial charge in [-0.05, 0) is 30.4 Å². The van der Waals surface area contributed by atoms with Crippen LogP contribution in [0.2, 0.25) is 0 Å². The van der Waals surface area contributed by atoms with Gasteiger partial charge in [-0.25, -0.2) is 0 Å². The van der Waals surface area contributed by atoms with Crippen molar-refractivity contribution in [2.24, 2.45) is 0 Å². The van der Waals surface area contributed by atoms with E-state index in [-0.39, 0.29) is 18.3 Å². The Hall–Kier alpha value is -1.06. The molecule has 1 saturated heterocycles. The van der Waals surface area contributed by atoms with Gasteiger partial charge < -0.3 is 4.90 Å². The van der Waals surface area contributed by atoms with Crippen molar-refractivity contribution in [2.45, 2.75) is 38.3 Å². The molecule has 19 heavy (non-hydrogen) atoms. The molecule has 0 aromatic heterocycles. The second kappa shape index (κ2) is 5.51. The first-order valence-corrected chi connectivity index (χ1v) is 6.91. The first-order chi connectivity index (χ1) is 8.78. The molecule has 1 aromatic rings. The minimum atomic E-state index is -0.427. The number of fused-ring (bicyclic) bond motifs is 2. The van der Waals surface area contributed by atoms with E-state index in [0.29, 0.717) is 0 Å². The van der Waals surface area contributed by atoms with Gasteiger partial charge in [0, 0.05) is 19.6 Å². The van der Waals surface area contributed by atoms with Crippen molar-refractivity contribution in [1.82, 2.24) is 10.2 Å². The fourth-order valence-electron chi connectivity index (χ4n) is 3.34. The number of piperidine rings is 1. The quantitative estimate of drug-likeness (QED) is 0.902. The molecule has 1 atom stereocenters. The number of nitrogens with one attached hydrogen (secondary N) is 1. The van der Waals surface area contributed by atoms with Gasteiger partial charge in [0.1, 0.15) is 5.54 Å². The van der Waals surface area contributed by atoms with E-state index in [9.17, 15) is 4.79 Å². The Morgan fingerprint density at radius 1 is 1.37 bits per heavy atom. The van der Waals surface area contributed by atoms with Crippen LogP contribution in [0.4, 0.5) is 0 Å². The summed E-state index contributed by atoms with van der Waals surface area (Å²) in [6.07, 6.45) is 3.06. The number of nitrogens with zero attached hydrogens (tertiary/aromatic N) is 1. The molecule has 1 unspecified atom stereocenters. The molecule has 0 saturated carbocycles. The molecule has 0 bridgehead atoms. The molecule has 1 aromatic carbocycles. The van der Waals surface area contributed by atoms with Gasteiger partial charge in [-0.15, -0.1) is 12.4 Å². The van der Waals surface area contributed by atoms with Crippen molar-refractivity contribution < 1.29 is 4.79 Å². The molecule has 0 aliphatic carbocycles. The number of rotatable bonds is 2. The Labute approximate surface area is 120 Å². The molecule has 4 heteroatoms. The summed E-state index contributed by atoms with van der Waals surface area (Å²) in [5.41, 5.74) is 2.06. The summed E-state index contributed by atoms with van der Waals surface area (Å²) >= 11 is 0. The predicted octanol–water partition coefficient (Wildman–Crippen LogP) is 2.44. The molecule has 3 rings (SSSR count). The highest BCUT2D eigenvalue weighted by Gasteiger charge is 2.48. The molecule has 1 fully saturated rings. The largest absolute Gasteiger partial charge is 0.341 e. The van der Waals surface area contributed by atoms with Crippen molar-refractivity contribution in [1.29, 1.82) is 0 Å². The molecule has 0 radical (unpaired) electrons. The minimum Gasteiger partial charge on any atom is -0.341 e. The van der Waals surface area contributed by atoms with Gasteiger partial charge >= 0.3 is 0 Å². The Balaban J connectivity index is 0.00000133. The molecular formula is C15H21ClN2O. The normalized spacial score (nSPS) is 25.3. The highest BCUT2D eigenvalue weighted by atomic mass is 35.5. The lowest BCUT2D eigenvalue weighted by Crippen LogP contribution is -2.56. The maximum atomic E-state index is 12.8. The topological polar surface area (TPSA) is 32.3 Å². The number of likely N-dealkylation sites (tertiary alicyclic amines) is 1. The standard InChI is InChI=1S/C15H20N2O.ClH/c1-2-9-17-10-5-8-15(14(17)18)13-7-4-3-6-12(13)11-16-15;/h3-4,6-7,16H,2,5,8-11H2,1H3;1H.